The van der Waals surface area contributed by atoms with E-state index in [1.54, 1.807) is 0 Å². The summed E-state index contributed by atoms with van der Waals surface area (Å²) in [5.74, 6) is 2.30. The number of aliphatic hydroxyl groups excluding tert-OH is 1. The van der Waals surface area contributed by atoms with Crippen molar-refractivity contribution in [3.63, 3.8) is 0 Å². The highest BCUT2D eigenvalue weighted by Gasteiger charge is 2.19. The predicted molar refractivity (Wildman–Crippen MR) is 72.6 cm³/mol. The summed E-state index contributed by atoms with van der Waals surface area (Å²) in [6.07, 6.45) is 5.04. The van der Waals surface area contributed by atoms with Gasteiger partial charge in [0.25, 0.3) is 0 Å². The van der Waals surface area contributed by atoms with Crippen molar-refractivity contribution in [3.8, 4) is 0 Å². The molecule has 4 heteroatoms. The second-order valence-corrected chi connectivity index (χ2v) is 5.21. The van der Waals surface area contributed by atoms with Gasteiger partial charge < -0.3 is 10.4 Å². The molecule has 2 rings (SSSR count). The van der Waals surface area contributed by atoms with Gasteiger partial charge in [0.2, 0.25) is 0 Å². The summed E-state index contributed by atoms with van der Waals surface area (Å²) in [6, 6.07) is 2.02. The maximum absolute atomic E-state index is 9.65. The fraction of sp³-hybridized carbons (Fsp3) is 0.714. The molecule has 1 aromatic rings. The quantitative estimate of drug-likeness (QED) is 0.859. The first-order chi connectivity index (χ1) is 8.67. The Morgan fingerprint density at radius 3 is 2.94 bits per heavy atom. The van der Waals surface area contributed by atoms with Crippen LogP contribution in [0, 0.1) is 12.8 Å². The third-order valence-corrected chi connectivity index (χ3v) is 3.58. The van der Waals surface area contributed by atoms with E-state index in [-0.39, 0.29) is 6.10 Å². The van der Waals surface area contributed by atoms with Crippen LogP contribution in [-0.4, -0.2) is 27.7 Å². The summed E-state index contributed by atoms with van der Waals surface area (Å²) in [6.45, 7) is 4.93. The maximum atomic E-state index is 9.65. The van der Waals surface area contributed by atoms with Crippen molar-refractivity contribution in [3.05, 3.63) is 17.6 Å². The molecule has 1 fully saturated rings. The molecular weight excluding hydrogens is 226 g/mol. The minimum atomic E-state index is -0.108. The third kappa shape index (κ3) is 3.67. The van der Waals surface area contributed by atoms with Gasteiger partial charge in [-0.1, -0.05) is 13.3 Å². The largest absolute Gasteiger partial charge is 0.393 e. The van der Waals surface area contributed by atoms with Crippen LogP contribution in [0.3, 0.4) is 0 Å². The average molecular weight is 249 g/mol. The molecule has 0 aromatic carbocycles. The Balaban J connectivity index is 1.91. The molecule has 2 unspecified atom stereocenters. The summed E-state index contributed by atoms with van der Waals surface area (Å²) in [5.41, 5.74) is 1.08. The van der Waals surface area contributed by atoms with Crippen molar-refractivity contribution in [2.45, 2.75) is 52.1 Å². The normalized spacial score (nSPS) is 23.9. The molecule has 1 saturated carbocycles. The van der Waals surface area contributed by atoms with Gasteiger partial charge in [-0.15, -0.1) is 0 Å². The first-order valence-corrected chi connectivity index (χ1v) is 6.94. The Labute approximate surface area is 109 Å². The van der Waals surface area contributed by atoms with Gasteiger partial charge in [-0.2, -0.15) is 0 Å². The zero-order valence-electron chi connectivity index (χ0n) is 11.3. The molecular formula is C14H23N3O. The molecule has 2 N–H and O–H groups in total. The number of rotatable bonds is 4. The molecule has 0 aliphatic heterocycles. The van der Waals surface area contributed by atoms with Gasteiger partial charge in [0, 0.05) is 18.3 Å². The van der Waals surface area contributed by atoms with E-state index in [0.29, 0.717) is 5.92 Å². The lowest BCUT2D eigenvalue weighted by molar-refractivity contribution is 0.104. The van der Waals surface area contributed by atoms with Gasteiger partial charge in [-0.3, -0.25) is 0 Å². The third-order valence-electron chi connectivity index (χ3n) is 3.58. The maximum Gasteiger partial charge on any atom is 0.129 e. The highest BCUT2D eigenvalue weighted by atomic mass is 16.3. The number of hydrogen-bond donors (Lipinski definition) is 2. The molecule has 1 aliphatic rings. The van der Waals surface area contributed by atoms with E-state index in [1.165, 1.54) is 6.42 Å². The van der Waals surface area contributed by atoms with Crippen LogP contribution < -0.4 is 5.32 Å². The first-order valence-electron chi connectivity index (χ1n) is 6.94. The molecule has 0 bridgehead atoms. The van der Waals surface area contributed by atoms with Gasteiger partial charge in [-0.25, -0.2) is 9.97 Å². The van der Waals surface area contributed by atoms with E-state index >= 15 is 0 Å². The van der Waals surface area contributed by atoms with E-state index in [9.17, 15) is 5.11 Å². The van der Waals surface area contributed by atoms with Crippen molar-refractivity contribution in [2.24, 2.45) is 5.92 Å². The summed E-state index contributed by atoms with van der Waals surface area (Å²) < 4.78 is 0. The number of aromatic nitrogens is 2. The first kappa shape index (κ1) is 13.3. The van der Waals surface area contributed by atoms with Gasteiger partial charge >= 0.3 is 0 Å². The summed E-state index contributed by atoms with van der Waals surface area (Å²) in [4.78, 5) is 8.77. The molecule has 1 aliphatic carbocycles. The Kier molecular flexibility index (Phi) is 4.53. The minimum absolute atomic E-state index is 0.108. The second kappa shape index (κ2) is 6.14. The number of anilines is 1. The Hall–Kier alpha value is -1.16. The van der Waals surface area contributed by atoms with E-state index in [0.717, 1.165) is 49.6 Å². The molecule has 0 saturated heterocycles. The minimum Gasteiger partial charge on any atom is -0.393 e. The highest BCUT2D eigenvalue weighted by Crippen LogP contribution is 2.24. The van der Waals surface area contributed by atoms with Crippen molar-refractivity contribution in [1.82, 2.24) is 9.97 Å². The second-order valence-electron chi connectivity index (χ2n) is 5.21. The van der Waals surface area contributed by atoms with E-state index in [4.69, 9.17) is 0 Å². The average Bonchev–Trinajstić information content (AvgIpc) is 2.36. The fourth-order valence-electron chi connectivity index (χ4n) is 2.60. The SMILES string of the molecule is CCc1cc(NCC2CCCC(O)C2)nc(C)n1. The number of hydrogen-bond acceptors (Lipinski definition) is 4. The molecule has 0 spiro atoms. The van der Waals surface area contributed by atoms with Crippen molar-refractivity contribution in [1.29, 1.82) is 0 Å². The lowest BCUT2D eigenvalue weighted by Gasteiger charge is -2.26. The zero-order valence-corrected chi connectivity index (χ0v) is 11.3. The molecule has 18 heavy (non-hydrogen) atoms. The van der Waals surface area contributed by atoms with Crippen LogP contribution in [0.4, 0.5) is 5.82 Å². The molecule has 1 aromatic heterocycles. The van der Waals surface area contributed by atoms with Crippen molar-refractivity contribution < 1.29 is 5.11 Å². The van der Waals surface area contributed by atoms with Gasteiger partial charge in [0.15, 0.2) is 0 Å². The van der Waals surface area contributed by atoms with Crippen LogP contribution in [0.25, 0.3) is 0 Å². The van der Waals surface area contributed by atoms with Crippen molar-refractivity contribution >= 4 is 5.82 Å². The highest BCUT2D eigenvalue weighted by molar-refractivity contribution is 5.36. The Morgan fingerprint density at radius 2 is 2.22 bits per heavy atom. The Bertz CT molecular complexity index is 395. The van der Waals surface area contributed by atoms with Gasteiger partial charge in [0.05, 0.1) is 6.10 Å². The molecule has 2 atom stereocenters. The summed E-state index contributed by atoms with van der Waals surface area (Å²) in [7, 11) is 0. The van der Waals surface area contributed by atoms with E-state index in [2.05, 4.69) is 22.2 Å². The predicted octanol–water partition coefficient (Wildman–Crippen LogP) is 2.31. The molecule has 0 amide bonds. The number of nitrogens with one attached hydrogen (secondary N) is 1. The van der Waals surface area contributed by atoms with Gasteiger partial charge in [0.1, 0.15) is 11.6 Å². The smallest absolute Gasteiger partial charge is 0.129 e. The molecule has 100 valence electrons. The number of aliphatic hydroxyl groups is 1. The van der Waals surface area contributed by atoms with Gasteiger partial charge in [-0.05, 0) is 38.5 Å². The zero-order chi connectivity index (χ0) is 13.0. The van der Waals surface area contributed by atoms with Crippen LogP contribution in [0.1, 0.15) is 44.1 Å². The summed E-state index contributed by atoms with van der Waals surface area (Å²) in [5, 5.41) is 13.0. The topological polar surface area (TPSA) is 58.0 Å². The summed E-state index contributed by atoms with van der Waals surface area (Å²) >= 11 is 0. The van der Waals surface area contributed by atoms with Crippen molar-refractivity contribution in [2.75, 3.05) is 11.9 Å². The molecule has 4 nitrogen and oxygen atoms in total. The van der Waals surface area contributed by atoms with Crippen LogP contribution in [0.2, 0.25) is 0 Å². The van der Waals surface area contributed by atoms with Crippen LogP contribution in [-0.2, 0) is 6.42 Å². The van der Waals surface area contributed by atoms with Crippen LogP contribution in [0.5, 0.6) is 0 Å². The number of aryl methyl sites for hydroxylation is 2. The lowest BCUT2D eigenvalue weighted by Crippen LogP contribution is -2.25. The molecule has 1 heterocycles. The monoisotopic (exact) mass is 249 g/mol. The standard InChI is InChI=1S/C14H23N3O/c1-3-12-8-14(17-10(2)16-12)15-9-11-5-4-6-13(18)7-11/h8,11,13,18H,3-7,9H2,1-2H3,(H,15,16,17). The van der Waals surface area contributed by atoms with E-state index < -0.39 is 0 Å². The van der Waals surface area contributed by atoms with E-state index in [1.807, 2.05) is 13.0 Å². The fourth-order valence-corrected chi connectivity index (χ4v) is 2.60. The lowest BCUT2D eigenvalue weighted by atomic mass is 9.87. The van der Waals surface area contributed by atoms with Crippen LogP contribution in [0.15, 0.2) is 6.07 Å². The van der Waals surface area contributed by atoms with Crippen LogP contribution >= 0.6 is 0 Å². The Morgan fingerprint density at radius 1 is 1.39 bits per heavy atom. The number of nitrogens with zero attached hydrogens (tertiary/aromatic N) is 2. The molecule has 0 radical (unpaired) electrons.